The molecule has 0 aliphatic heterocycles. The first-order valence-electron chi connectivity index (χ1n) is 3.84. The summed E-state index contributed by atoms with van der Waals surface area (Å²) in [5.74, 6) is 0. The van der Waals surface area contributed by atoms with Gasteiger partial charge in [-0.3, -0.25) is 0 Å². The molecule has 0 amide bonds. The maximum atomic E-state index is 10.9. The number of rotatable bonds is 5. The van der Waals surface area contributed by atoms with Crippen molar-refractivity contribution in [2.24, 2.45) is 0 Å². The molecule has 6 heteroatoms. The van der Waals surface area contributed by atoms with Crippen molar-refractivity contribution in [3.8, 4) is 0 Å². The maximum Gasteiger partial charge on any atom is 0.276 e. The zero-order chi connectivity index (χ0) is 9.73. The van der Waals surface area contributed by atoms with Gasteiger partial charge in [-0.1, -0.05) is 6.07 Å². The van der Waals surface area contributed by atoms with Crippen molar-refractivity contribution < 1.29 is 8.42 Å². The lowest BCUT2D eigenvalue weighted by Crippen LogP contribution is -2.35. The van der Waals surface area contributed by atoms with Crippen LogP contribution in [-0.4, -0.2) is 22.0 Å². The first-order valence-corrected chi connectivity index (χ1v) is 6.21. The van der Waals surface area contributed by atoms with Gasteiger partial charge in [0.1, 0.15) is 0 Å². The Hall–Kier alpha value is -0.430. The third-order valence-electron chi connectivity index (χ3n) is 1.51. The Balaban J connectivity index is 2.30. The van der Waals surface area contributed by atoms with E-state index in [-0.39, 0.29) is 0 Å². The first kappa shape index (κ1) is 10.6. The molecule has 1 heterocycles. The molecule has 0 aliphatic carbocycles. The number of hydrogen-bond donors (Lipinski definition) is 2. The van der Waals surface area contributed by atoms with Crippen molar-refractivity contribution in [3.05, 3.63) is 22.4 Å². The molecule has 74 valence electrons. The van der Waals surface area contributed by atoms with Crippen molar-refractivity contribution in [1.29, 1.82) is 0 Å². The summed E-state index contributed by atoms with van der Waals surface area (Å²) in [6.45, 7) is 0.434. The summed E-state index contributed by atoms with van der Waals surface area (Å²) in [7, 11) is -1.89. The summed E-state index contributed by atoms with van der Waals surface area (Å²) in [6, 6.07) is 3.94. The molecule has 4 nitrogen and oxygen atoms in total. The first-order chi connectivity index (χ1) is 6.14. The van der Waals surface area contributed by atoms with Crippen molar-refractivity contribution in [1.82, 2.24) is 9.44 Å². The molecular weight excluding hydrogens is 208 g/mol. The molecular formula is C7H12N2O2S2. The summed E-state index contributed by atoms with van der Waals surface area (Å²) in [6.07, 6.45) is 0.735. The van der Waals surface area contributed by atoms with Crippen LogP contribution in [0.5, 0.6) is 0 Å². The highest BCUT2D eigenvalue weighted by Gasteiger charge is 2.03. The van der Waals surface area contributed by atoms with Gasteiger partial charge in [-0.25, -0.2) is 9.44 Å². The van der Waals surface area contributed by atoms with E-state index in [1.807, 2.05) is 17.5 Å². The van der Waals surface area contributed by atoms with Crippen LogP contribution in [0.3, 0.4) is 0 Å². The fourth-order valence-electron chi connectivity index (χ4n) is 0.836. The number of hydrogen-bond acceptors (Lipinski definition) is 3. The highest BCUT2D eigenvalue weighted by molar-refractivity contribution is 7.87. The standard InChI is InChI=1S/C7H12N2O2S2/c1-8-13(10,11)9-5-4-7-3-2-6-12-7/h2-3,6,8-9H,4-5H2,1H3. The molecule has 1 rings (SSSR count). The largest absolute Gasteiger partial charge is 0.276 e. The van der Waals surface area contributed by atoms with Crippen LogP contribution >= 0.6 is 11.3 Å². The molecule has 0 unspecified atom stereocenters. The Bertz CT molecular complexity index is 331. The summed E-state index contributed by atoms with van der Waals surface area (Å²) < 4.78 is 26.4. The van der Waals surface area contributed by atoms with Gasteiger partial charge < -0.3 is 0 Å². The second kappa shape index (κ2) is 4.71. The fraction of sp³-hybridized carbons (Fsp3) is 0.429. The molecule has 0 aliphatic rings. The molecule has 0 saturated heterocycles. The van der Waals surface area contributed by atoms with Gasteiger partial charge >= 0.3 is 0 Å². The third kappa shape index (κ3) is 3.86. The quantitative estimate of drug-likeness (QED) is 0.752. The zero-order valence-electron chi connectivity index (χ0n) is 7.28. The molecule has 1 aromatic rings. The van der Waals surface area contributed by atoms with E-state index in [2.05, 4.69) is 9.44 Å². The number of thiophene rings is 1. The minimum Gasteiger partial charge on any atom is -0.205 e. The van der Waals surface area contributed by atoms with Gasteiger partial charge in [0.2, 0.25) is 0 Å². The van der Waals surface area contributed by atoms with E-state index >= 15 is 0 Å². The monoisotopic (exact) mass is 220 g/mol. The Morgan fingerprint density at radius 1 is 1.54 bits per heavy atom. The topological polar surface area (TPSA) is 58.2 Å². The van der Waals surface area contributed by atoms with E-state index in [0.29, 0.717) is 6.54 Å². The molecule has 13 heavy (non-hydrogen) atoms. The molecule has 0 fully saturated rings. The minimum atomic E-state index is -3.27. The highest BCUT2D eigenvalue weighted by atomic mass is 32.2. The van der Waals surface area contributed by atoms with E-state index in [9.17, 15) is 8.42 Å². The van der Waals surface area contributed by atoms with Crippen LogP contribution in [0.25, 0.3) is 0 Å². The van der Waals surface area contributed by atoms with Crippen LogP contribution in [0.15, 0.2) is 17.5 Å². The van der Waals surface area contributed by atoms with Crippen LogP contribution in [0, 0.1) is 0 Å². The summed E-state index contributed by atoms with van der Waals surface area (Å²) >= 11 is 1.63. The van der Waals surface area contributed by atoms with Gasteiger partial charge in [-0.05, 0) is 17.9 Å². The van der Waals surface area contributed by atoms with Crippen LogP contribution < -0.4 is 9.44 Å². The second-order valence-electron chi connectivity index (χ2n) is 2.43. The van der Waals surface area contributed by atoms with Crippen LogP contribution in [0.1, 0.15) is 4.88 Å². The number of nitrogens with one attached hydrogen (secondary N) is 2. The minimum absolute atomic E-state index is 0.434. The third-order valence-corrected chi connectivity index (χ3v) is 3.57. The SMILES string of the molecule is CNS(=O)(=O)NCCc1cccs1. The van der Waals surface area contributed by atoms with Gasteiger partial charge in [0.15, 0.2) is 0 Å². The molecule has 1 aromatic heterocycles. The molecule has 0 aromatic carbocycles. The molecule has 2 N–H and O–H groups in total. The van der Waals surface area contributed by atoms with Crippen LogP contribution in [0.2, 0.25) is 0 Å². The van der Waals surface area contributed by atoms with Crippen molar-refractivity contribution in [2.45, 2.75) is 6.42 Å². The molecule has 0 atom stereocenters. The highest BCUT2D eigenvalue weighted by Crippen LogP contribution is 2.07. The molecule has 0 bridgehead atoms. The normalized spacial score (nSPS) is 11.8. The van der Waals surface area contributed by atoms with Gasteiger partial charge in [0.05, 0.1) is 0 Å². The maximum absolute atomic E-state index is 10.9. The fourth-order valence-corrected chi connectivity index (χ4v) is 2.06. The van der Waals surface area contributed by atoms with E-state index < -0.39 is 10.2 Å². The van der Waals surface area contributed by atoms with Crippen LogP contribution in [-0.2, 0) is 16.6 Å². The summed E-state index contributed by atoms with van der Waals surface area (Å²) in [4.78, 5) is 1.18. The lowest BCUT2D eigenvalue weighted by molar-refractivity contribution is 0.573. The van der Waals surface area contributed by atoms with Crippen molar-refractivity contribution in [3.63, 3.8) is 0 Å². The average molecular weight is 220 g/mol. The van der Waals surface area contributed by atoms with E-state index in [0.717, 1.165) is 6.42 Å². The van der Waals surface area contributed by atoms with Gasteiger partial charge in [-0.15, -0.1) is 11.3 Å². The van der Waals surface area contributed by atoms with Gasteiger partial charge in [0.25, 0.3) is 10.2 Å². The average Bonchev–Trinajstić information content (AvgIpc) is 2.57. The van der Waals surface area contributed by atoms with Gasteiger partial charge in [-0.2, -0.15) is 8.42 Å². The summed E-state index contributed by atoms with van der Waals surface area (Å²) in [5, 5.41) is 1.97. The molecule has 0 saturated carbocycles. The van der Waals surface area contributed by atoms with E-state index in [1.54, 1.807) is 11.3 Å². The Kier molecular flexibility index (Phi) is 3.86. The predicted molar refractivity (Wildman–Crippen MR) is 54.0 cm³/mol. The van der Waals surface area contributed by atoms with Crippen molar-refractivity contribution in [2.75, 3.05) is 13.6 Å². The Labute approximate surface area is 82.2 Å². The lowest BCUT2D eigenvalue weighted by atomic mass is 10.3. The lowest BCUT2D eigenvalue weighted by Gasteiger charge is -2.02. The van der Waals surface area contributed by atoms with Crippen molar-refractivity contribution >= 4 is 21.5 Å². The van der Waals surface area contributed by atoms with Gasteiger partial charge in [0, 0.05) is 18.5 Å². The zero-order valence-corrected chi connectivity index (χ0v) is 8.91. The van der Waals surface area contributed by atoms with E-state index in [1.165, 1.54) is 11.9 Å². The Morgan fingerprint density at radius 2 is 2.31 bits per heavy atom. The van der Waals surface area contributed by atoms with E-state index in [4.69, 9.17) is 0 Å². The smallest absolute Gasteiger partial charge is 0.205 e. The summed E-state index contributed by atoms with van der Waals surface area (Å²) in [5.41, 5.74) is 0. The van der Waals surface area contributed by atoms with Crippen LogP contribution in [0.4, 0.5) is 0 Å². The molecule has 0 radical (unpaired) electrons. The second-order valence-corrected chi connectivity index (χ2v) is 5.17. The predicted octanol–water partition coefficient (Wildman–Crippen LogP) is 0.344. The Morgan fingerprint density at radius 3 is 2.85 bits per heavy atom. The molecule has 0 spiro atoms.